The third-order valence-electron chi connectivity index (χ3n) is 20.1. The highest BCUT2D eigenvalue weighted by Crippen LogP contribution is 2.57. The van der Waals surface area contributed by atoms with Crippen molar-refractivity contribution in [3.63, 3.8) is 0 Å². The SMILES string of the molecule is CC[C@H](C)[C@H]1C(=O)NCC(=O)N(C)[C@@H](C(C)C)C(=O)N[C@@H](Cc2ccc(OC)cc2)C(=O)O[C@H](C)C(=O)N2CCCC[C@H]2C(=O)N(C)[C@@H](C(C)C)C(=O)N[C@@H](C(C)C)C(=O)N(C)[C@@H](CC(=O)OC23CC4CC(CC(C4)C2)C3)C(=O)N(C)[C@@H]([C@@H](C)CC)C(=O)N1C. The van der Waals surface area contributed by atoms with Gasteiger partial charge in [-0.2, -0.15) is 0 Å². The van der Waals surface area contributed by atoms with Crippen molar-refractivity contribution in [3.8, 4) is 5.75 Å². The van der Waals surface area contributed by atoms with E-state index in [0.29, 0.717) is 74.0 Å². The van der Waals surface area contributed by atoms with E-state index < -0.39 is 168 Å². The number of amides is 9. The number of hydrogen-bond acceptors (Lipinski definition) is 14. The Kier molecular flexibility index (Phi) is 24.9. The summed E-state index contributed by atoms with van der Waals surface area (Å²) in [4.78, 5) is 171. The number of rotatable bonds is 13. The van der Waals surface area contributed by atoms with Crippen LogP contribution in [0.25, 0.3) is 0 Å². The van der Waals surface area contributed by atoms with Gasteiger partial charge in [0.25, 0.3) is 5.91 Å². The average Bonchev–Trinajstić information content (AvgIpc) is 0.762. The van der Waals surface area contributed by atoms with Crippen LogP contribution in [0.2, 0.25) is 0 Å². The zero-order valence-electron chi connectivity index (χ0n) is 56.6. The molecule has 502 valence electrons. The molecule has 0 radical (unpaired) electrons. The summed E-state index contributed by atoms with van der Waals surface area (Å²) in [5, 5.41) is 8.41. The first-order valence-electron chi connectivity index (χ1n) is 32.9. The van der Waals surface area contributed by atoms with Crippen molar-refractivity contribution in [2.24, 2.45) is 47.3 Å². The van der Waals surface area contributed by atoms with Crippen LogP contribution in [-0.2, 0) is 68.6 Å². The molecule has 90 heavy (non-hydrogen) atoms. The number of esters is 2. The van der Waals surface area contributed by atoms with Gasteiger partial charge in [0.1, 0.15) is 59.7 Å². The molecule has 6 aliphatic rings. The second kappa shape index (κ2) is 31.0. The van der Waals surface area contributed by atoms with Gasteiger partial charge in [0.05, 0.1) is 20.1 Å². The van der Waals surface area contributed by atoms with Gasteiger partial charge >= 0.3 is 11.9 Å². The van der Waals surface area contributed by atoms with Crippen molar-refractivity contribution in [2.45, 2.75) is 220 Å². The second-order valence-corrected chi connectivity index (χ2v) is 27.8. The van der Waals surface area contributed by atoms with Crippen LogP contribution in [0, 0.1) is 47.3 Å². The fourth-order valence-corrected chi connectivity index (χ4v) is 15.1. The number of carbonyl (C=O) groups excluding carboxylic acids is 11. The molecule has 9 amide bonds. The molecule has 4 bridgehead atoms. The Morgan fingerprint density at radius 2 is 1.13 bits per heavy atom. The lowest BCUT2D eigenvalue weighted by atomic mass is 9.54. The predicted molar refractivity (Wildman–Crippen MR) is 336 cm³/mol. The van der Waals surface area contributed by atoms with E-state index in [0.717, 1.165) is 24.2 Å². The van der Waals surface area contributed by atoms with E-state index in [9.17, 15) is 38.4 Å². The first-order chi connectivity index (χ1) is 42.3. The van der Waals surface area contributed by atoms with Crippen molar-refractivity contribution in [2.75, 3.05) is 55.4 Å². The minimum absolute atomic E-state index is 0.107. The summed E-state index contributed by atoms with van der Waals surface area (Å²) < 4.78 is 17.7. The quantitative estimate of drug-likeness (QED) is 0.225. The minimum Gasteiger partial charge on any atom is -0.497 e. The van der Waals surface area contributed by atoms with E-state index in [-0.39, 0.29) is 19.4 Å². The summed E-state index contributed by atoms with van der Waals surface area (Å²) in [5.74, 6) is -8.73. The van der Waals surface area contributed by atoms with Gasteiger partial charge in [-0.25, -0.2) is 4.79 Å². The Labute approximate surface area is 533 Å². The maximum absolute atomic E-state index is 15.6. The minimum atomic E-state index is -1.55. The van der Waals surface area contributed by atoms with E-state index in [1.807, 2.05) is 13.8 Å². The second-order valence-electron chi connectivity index (χ2n) is 27.8. The Morgan fingerprint density at radius 1 is 0.611 bits per heavy atom. The first-order valence-corrected chi connectivity index (χ1v) is 32.9. The number of methoxy groups -OCH3 is 1. The molecule has 1 aromatic rings. The van der Waals surface area contributed by atoms with Crippen LogP contribution < -0.4 is 20.7 Å². The molecule has 0 unspecified atom stereocenters. The first kappa shape index (κ1) is 72.3. The maximum atomic E-state index is 15.6. The number of ether oxygens (including phenoxy) is 3. The topological polar surface area (TPSA) is 271 Å². The zero-order valence-corrected chi connectivity index (χ0v) is 56.6. The lowest BCUT2D eigenvalue weighted by Gasteiger charge is -2.55. The van der Waals surface area contributed by atoms with E-state index in [1.165, 1.54) is 73.8 Å². The van der Waals surface area contributed by atoms with E-state index in [1.54, 1.807) is 79.7 Å². The van der Waals surface area contributed by atoms with Crippen LogP contribution in [0.1, 0.15) is 159 Å². The molecule has 3 N–H and O–H groups in total. The van der Waals surface area contributed by atoms with E-state index in [2.05, 4.69) is 16.0 Å². The molecule has 23 nitrogen and oxygen atoms in total. The Hall–Kier alpha value is -6.81. The summed E-state index contributed by atoms with van der Waals surface area (Å²) in [5.41, 5.74) is -0.108. The normalized spacial score (nSPS) is 31.2. The molecule has 23 heteroatoms. The van der Waals surface area contributed by atoms with E-state index in [4.69, 9.17) is 14.2 Å². The highest BCUT2D eigenvalue weighted by atomic mass is 16.6. The maximum Gasteiger partial charge on any atom is 0.329 e. The number of nitrogens with zero attached hydrogens (tertiary/aromatic N) is 6. The lowest BCUT2D eigenvalue weighted by molar-refractivity contribution is -0.188. The van der Waals surface area contributed by atoms with Gasteiger partial charge in [-0.3, -0.25) is 47.9 Å². The number of piperidine rings is 1. The van der Waals surface area contributed by atoms with Gasteiger partial charge in [0, 0.05) is 48.2 Å². The number of carbonyl (C=O) groups is 11. The Balaban J connectivity index is 1.42. The number of benzene rings is 1. The summed E-state index contributed by atoms with van der Waals surface area (Å²) >= 11 is 0. The summed E-state index contributed by atoms with van der Waals surface area (Å²) in [7, 11) is 8.64. The molecule has 6 fully saturated rings. The number of likely N-dealkylation sites (N-methyl/N-ethyl adjacent to an activating group) is 5. The van der Waals surface area contributed by atoms with Gasteiger partial charge in [0.2, 0.25) is 47.3 Å². The average molecular weight is 1260 g/mol. The van der Waals surface area contributed by atoms with Crippen molar-refractivity contribution in [3.05, 3.63) is 29.8 Å². The molecule has 11 atom stereocenters. The molecule has 7 rings (SSSR count). The summed E-state index contributed by atoms with van der Waals surface area (Å²) in [6.07, 6.45) is 5.33. The van der Waals surface area contributed by atoms with Gasteiger partial charge in [-0.1, -0.05) is 94.2 Å². The van der Waals surface area contributed by atoms with Crippen LogP contribution >= 0.6 is 0 Å². The lowest BCUT2D eigenvalue weighted by Crippen LogP contribution is -2.63. The van der Waals surface area contributed by atoms with Gasteiger partial charge in [0.15, 0.2) is 6.10 Å². The molecule has 4 aliphatic carbocycles. The number of cyclic esters (lactones) is 1. The number of hydrogen-bond donors (Lipinski definition) is 3. The zero-order chi connectivity index (χ0) is 67.0. The fraction of sp³-hybridized carbons (Fsp3) is 0.746. The highest BCUT2D eigenvalue weighted by Gasteiger charge is 2.54. The van der Waals surface area contributed by atoms with Crippen LogP contribution in [0.15, 0.2) is 24.3 Å². The fourth-order valence-electron chi connectivity index (χ4n) is 15.1. The van der Waals surface area contributed by atoms with Gasteiger partial charge < -0.3 is 59.6 Å². The number of fused-ring (bicyclic) bond motifs is 1. The standard InChI is InChI=1S/C67H105N9O14/c1-18-40(9)56-58(79)68-36-51(77)72(13)54(38(5)6)59(80)69-48(31-43-23-25-47(88-17)26-24-43)66(87)89-42(11)61(82)76-27-21-20-22-49(76)62(83)73(14)55(39(7)8)60(81)70-53(37(3)4)64(85)71(12)50(63(84)75(16)57(41(10)19-2)65(86)74(56)15)32-52(78)90-67-33-44-28-45(34-67)30-46(29-44)35-67/h23-26,37-42,44-46,48-50,53-57H,18-22,27-36H2,1-17H3,(H,68,79)(H,69,80)(H,70,81)/t40-,41-,42+,44?,45?,46?,48-,49-,50-,53-,54-,55-,56-,57-,67?/m0/s1. The summed E-state index contributed by atoms with van der Waals surface area (Å²) in [6, 6.07) is -3.43. The van der Waals surface area contributed by atoms with E-state index >= 15 is 14.4 Å². The molecular formula is C67H105N9O14. The third kappa shape index (κ3) is 16.6. The summed E-state index contributed by atoms with van der Waals surface area (Å²) in [6.45, 7) is 18.5. The molecule has 0 aromatic heterocycles. The molecule has 2 heterocycles. The molecule has 2 aliphatic heterocycles. The molecule has 4 saturated carbocycles. The molecule has 0 spiro atoms. The Bertz CT molecular complexity index is 2740. The van der Waals surface area contributed by atoms with Crippen LogP contribution in [0.3, 0.4) is 0 Å². The predicted octanol–water partition coefficient (Wildman–Crippen LogP) is 4.75. The smallest absolute Gasteiger partial charge is 0.329 e. The molecule has 2 saturated heterocycles. The van der Waals surface area contributed by atoms with Crippen LogP contribution in [-0.4, -0.2) is 210 Å². The van der Waals surface area contributed by atoms with Crippen LogP contribution in [0.4, 0.5) is 0 Å². The molecular weight excluding hydrogens is 1150 g/mol. The van der Waals surface area contributed by atoms with Crippen molar-refractivity contribution in [1.29, 1.82) is 0 Å². The number of nitrogens with one attached hydrogen (secondary N) is 3. The van der Waals surface area contributed by atoms with Crippen molar-refractivity contribution >= 4 is 65.1 Å². The highest BCUT2D eigenvalue weighted by molar-refractivity contribution is 5.99. The van der Waals surface area contributed by atoms with Crippen LogP contribution in [0.5, 0.6) is 5.75 Å². The van der Waals surface area contributed by atoms with Crippen molar-refractivity contribution in [1.82, 2.24) is 45.3 Å². The third-order valence-corrected chi connectivity index (χ3v) is 20.1. The monoisotopic (exact) mass is 1260 g/mol. The Morgan fingerprint density at radius 3 is 1.67 bits per heavy atom. The van der Waals surface area contributed by atoms with Crippen molar-refractivity contribution < 1.29 is 67.0 Å². The molecule has 1 aromatic carbocycles. The van der Waals surface area contributed by atoms with Gasteiger partial charge in [-0.15, -0.1) is 0 Å². The largest absolute Gasteiger partial charge is 0.497 e. The van der Waals surface area contributed by atoms with Gasteiger partial charge in [-0.05, 0) is 130 Å².